The van der Waals surface area contributed by atoms with Gasteiger partial charge in [-0.2, -0.15) is 0 Å². The van der Waals surface area contributed by atoms with Gasteiger partial charge in [0.2, 0.25) is 0 Å². The molecule has 5 heteroatoms. The molecule has 1 aliphatic carbocycles. The predicted octanol–water partition coefficient (Wildman–Crippen LogP) is 4.73. The van der Waals surface area contributed by atoms with Crippen LogP contribution in [0.15, 0.2) is 12.2 Å². The smallest absolute Gasteiger partial charge is 0.337 e. The molecule has 29 heavy (non-hydrogen) atoms. The maximum Gasteiger partial charge on any atom is 0.337 e. The molecular formula is C24H42O5. The van der Waals surface area contributed by atoms with Crippen LogP contribution in [0.5, 0.6) is 0 Å². The summed E-state index contributed by atoms with van der Waals surface area (Å²) in [5.74, 6) is 0.115. The van der Waals surface area contributed by atoms with E-state index in [2.05, 4.69) is 23.8 Å². The van der Waals surface area contributed by atoms with E-state index in [0.29, 0.717) is 25.0 Å². The molecule has 0 radical (unpaired) electrons. The number of ketones is 1. The van der Waals surface area contributed by atoms with Crippen LogP contribution in [0, 0.1) is 11.8 Å². The Morgan fingerprint density at radius 2 is 1.97 bits per heavy atom. The van der Waals surface area contributed by atoms with Crippen LogP contribution in [0.1, 0.15) is 97.3 Å². The Hall–Kier alpha value is -1.20. The van der Waals surface area contributed by atoms with Crippen molar-refractivity contribution in [1.82, 2.24) is 0 Å². The van der Waals surface area contributed by atoms with Gasteiger partial charge in [0.1, 0.15) is 5.78 Å². The van der Waals surface area contributed by atoms with Crippen LogP contribution >= 0.6 is 0 Å². The molecule has 2 N–H and O–H groups in total. The van der Waals surface area contributed by atoms with E-state index < -0.39 is 11.6 Å². The average Bonchev–Trinajstić information content (AvgIpc) is 3.04. The lowest BCUT2D eigenvalue weighted by Crippen LogP contribution is -2.36. The van der Waals surface area contributed by atoms with Gasteiger partial charge in [0, 0.05) is 12.3 Å². The maximum absolute atomic E-state index is 12.3. The molecule has 0 bridgehead atoms. The van der Waals surface area contributed by atoms with Crippen molar-refractivity contribution in [3.05, 3.63) is 12.2 Å². The van der Waals surface area contributed by atoms with E-state index in [1.165, 1.54) is 33.3 Å². The van der Waals surface area contributed by atoms with Gasteiger partial charge in [0.15, 0.2) is 5.60 Å². The van der Waals surface area contributed by atoms with Crippen LogP contribution in [0.3, 0.4) is 0 Å². The van der Waals surface area contributed by atoms with Gasteiger partial charge in [0.25, 0.3) is 0 Å². The third kappa shape index (κ3) is 9.90. The summed E-state index contributed by atoms with van der Waals surface area (Å²) in [6.07, 6.45) is 15.5. The molecule has 1 saturated carbocycles. The number of allylic oxidation sites excluding steroid dienone is 1. The molecule has 0 aromatic heterocycles. The highest BCUT2D eigenvalue weighted by Gasteiger charge is 2.33. The molecule has 168 valence electrons. The minimum atomic E-state index is -1.43. The van der Waals surface area contributed by atoms with Crippen molar-refractivity contribution in [2.24, 2.45) is 11.8 Å². The van der Waals surface area contributed by atoms with E-state index in [0.717, 1.165) is 44.9 Å². The van der Waals surface area contributed by atoms with Crippen molar-refractivity contribution in [1.29, 1.82) is 0 Å². The number of ether oxygens (including phenoxy) is 1. The molecule has 0 heterocycles. The number of carbonyl (C=O) groups excluding carboxylic acids is 2. The number of esters is 1. The lowest BCUT2D eigenvalue weighted by molar-refractivity contribution is -0.161. The summed E-state index contributed by atoms with van der Waals surface area (Å²) in [6, 6.07) is 0. The van der Waals surface area contributed by atoms with Gasteiger partial charge in [-0.25, -0.2) is 4.79 Å². The number of aliphatic hydroxyl groups is 2. The normalized spacial score (nSPS) is 22.7. The first-order chi connectivity index (χ1) is 13.8. The van der Waals surface area contributed by atoms with Gasteiger partial charge in [-0.15, -0.1) is 0 Å². The molecule has 0 saturated heterocycles. The zero-order chi connectivity index (χ0) is 21.7. The van der Waals surface area contributed by atoms with Gasteiger partial charge in [-0.1, -0.05) is 57.6 Å². The zero-order valence-corrected chi connectivity index (χ0v) is 18.7. The second kappa shape index (κ2) is 13.9. The van der Waals surface area contributed by atoms with Gasteiger partial charge < -0.3 is 14.9 Å². The van der Waals surface area contributed by atoms with Crippen molar-refractivity contribution < 1.29 is 24.5 Å². The second-order valence-electron chi connectivity index (χ2n) is 8.81. The Balaban J connectivity index is 2.30. The summed E-state index contributed by atoms with van der Waals surface area (Å²) in [4.78, 5) is 23.7. The van der Waals surface area contributed by atoms with Crippen LogP contribution in [0.2, 0.25) is 0 Å². The number of carbonyl (C=O) groups is 2. The topological polar surface area (TPSA) is 83.8 Å². The van der Waals surface area contributed by atoms with Crippen molar-refractivity contribution in [2.45, 2.75) is 109 Å². The molecule has 2 unspecified atom stereocenters. The molecule has 4 atom stereocenters. The predicted molar refractivity (Wildman–Crippen MR) is 115 cm³/mol. The first-order valence-corrected chi connectivity index (χ1v) is 11.5. The fraction of sp³-hybridized carbons (Fsp3) is 0.833. The van der Waals surface area contributed by atoms with Crippen LogP contribution in [0.25, 0.3) is 0 Å². The molecule has 0 amide bonds. The van der Waals surface area contributed by atoms with Crippen molar-refractivity contribution >= 4 is 11.8 Å². The van der Waals surface area contributed by atoms with E-state index in [-0.39, 0.29) is 17.9 Å². The number of aliphatic hydroxyl groups excluding tert-OH is 1. The van der Waals surface area contributed by atoms with E-state index in [9.17, 15) is 19.8 Å². The molecule has 0 spiro atoms. The maximum atomic E-state index is 12.3. The molecular weight excluding hydrogens is 368 g/mol. The van der Waals surface area contributed by atoms with Crippen molar-refractivity contribution in [2.75, 3.05) is 7.11 Å². The van der Waals surface area contributed by atoms with Gasteiger partial charge >= 0.3 is 5.97 Å². The van der Waals surface area contributed by atoms with Crippen LogP contribution in [0.4, 0.5) is 0 Å². The summed E-state index contributed by atoms with van der Waals surface area (Å²) in [5.41, 5.74) is -1.43. The fourth-order valence-corrected chi connectivity index (χ4v) is 4.21. The summed E-state index contributed by atoms with van der Waals surface area (Å²) in [6.45, 7) is 3.67. The van der Waals surface area contributed by atoms with Crippen LogP contribution < -0.4 is 0 Å². The van der Waals surface area contributed by atoms with Crippen LogP contribution in [-0.2, 0) is 14.3 Å². The number of hydrogen-bond acceptors (Lipinski definition) is 5. The molecule has 5 nitrogen and oxygen atoms in total. The summed E-state index contributed by atoms with van der Waals surface area (Å²) >= 11 is 0. The lowest BCUT2D eigenvalue weighted by atomic mass is 9.88. The van der Waals surface area contributed by atoms with Gasteiger partial charge in [-0.05, 0) is 51.4 Å². The minimum absolute atomic E-state index is 0.0778. The third-order valence-corrected chi connectivity index (χ3v) is 6.14. The SMILES string of the molecule is CCCCCCC(O)CC=C[C@H]1CCC(=O)[C@@H]1CCCCCC(C)(O)C(=O)OC. The van der Waals surface area contributed by atoms with E-state index in [1.54, 1.807) is 0 Å². The zero-order valence-electron chi connectivity index (χ0n) is 18.7. The molecule has 1 fully saturated rings. The quantitative estimate of drug-likeness (QED) is 0.232. The van der Waals surface area contributed by atoms with E-state index in [1.807, 2.05) is 0 Å². The molecule has 1 rings (SSSR count). The number of rotatable bonds is 15. The lowest BCUT2D eigenvalue weighted by Gasteiger charge is -2.20. The van der Waals surface area contributed by atoms with Gasteiger partial charge in [0.05, 0.1) is 13.2 Å². The van der Waals surface area contributed by atoms with Crippen molar-refractivity contribution in [3.8, 4) is 0 Å². The van der Waals surface area contributed by atoms with Crippen molar-refractivity contribution in [3.63, 3.8) is 0 Å². The summed E-state index contributed by atoms with van der Waals surface area (Å²) < 4.78 is 4.61. The Bertz CT molecular complexity index is 511. The first kappa shape index (κ1) is 25.8. The molecule has 1 aliphatic rings. The number of hydrogen-bond donors (Lipinski definition) is 2. The monoisotopic (exact) mass is 410 g/mol. The average molecular weight is 411 g/mol. The number of Topliss-reactive ketones (excluding diaryl/α,β-unsaturated/α-hetero) is 1. The molecule has 0 aromatic rings. The Morgan fingerprint density at radius 3 is 2.66 bits per heavy atom. The van der Waals surface area contributed by atoms with E-state index >= 15 is 0 Å². The standard InChI is InChI=1S/C24H42O5/c1-4-5-6-8-13-20(25)14-11-12-19-16-17-22(26)21(19)15-9-7-10-18-24(2,28)23(27)29-3/h11-12,19-21,25,28H,4-10,13-18H2,1-3H3/t19-,20?,21+,24?/m0/s1. The highest BCUT2D eigenvalue weighted by molar-refractivity contribution is 5.83. The number of methoxy groups -OCH3 is 1. The summed E-state index contributed by atoms with van der Waals surface area (Å²) in [5, 5.41) is 20.1. The third-order valence-electron chi connectivity index (χ3n) is 6.14. The number of unbranched alkanes of at least 4 members (excludes halogenated alkanes) is 5. The Labute approximate surface area is 176 Å². The van der Waals surface area contributed by atoms with Gasteiger partial charge in [-0.3, -0.25) is 4.79 Å². The fourth-order valence-electron chi connectivity index (χ4n) is 4.21. The minimum Gasteiger partial charge on any atom is -0.467 e. The highest BCUT2D eigenvalue weighted by atomic mass is 16.5. The van der Waals surface area contributed by atoms with Crippen LogP contribution in [-0.4, -0.2) is 40.8 Å². The largest absolute Gasteiger partial charge is 0.467 e. The molecule has 0 aromatic carbocycles. The Morgan fingerprint density at radius 1 is 1.24 bits per heavy atom. The first-order valence-electron chi connectivity index (χ1n) is 11.5. The highest BCUT2D eigenvalue weighted by Crippen LogP contribution is 2.34. The molecule has 0 aliphatic heterocycles. The Kier molecular flexibility index (Phi) is 12.4. The summed E-state index contributed by atoms with van der Waals surface area (Å²) in [7, 11) is 1.28. The van der Waals surface area contributed by atoms with E-state index in [4.69, 9.17) is 0 Å². The second-order valence-corrected chi connectivity index (χ2v) is 8.81.